The zero-order valence-electron chi connectivity index (χ0n) is 4.49. The highest BCUT2D eigenvalue weighted by Crippen LogP contribution is 2.57. The minimum Gasteiger partial charge on any atom is -0.376 e. The van der Waals surface area contributed by atoms with Crippen LogP contribution in [-0.4, -0.2) is 5.54 Å². The average Bonchev–Trinajstić information content (AvgIpc) is 2.28. The molecule has 0 amide bonds. The number of hydrogen-bond acceptors (Lipinski definition) is 1. The number of hydrogen-bond donors (Lipinski definition) is 1. The second kappa shape index (κ2) is 0.623. The van der Waals surface area contributed by atoms with Gasteiger partial charge in [-0.15, -0.1) is 0 Å². The normalized spacial score (nSPS) is 54.4. The number of nitrogens with one attached hydrogen (secondary N) is 1. The molecule has 1 aliphatic heterocycles. The van der Waals surface area contributed by atoms with Crippen LogP contribution in [0.15, 0.2) is 12.3 Å². The molecule has 1 saturated heterocycles. The van der Waals surface area contributed by atoms with E-state index in [9.17, 15) is 0 Å². The van der Waals surface area contributed by atoms with Crippen molar-refractivity contribution in [3.05, 3.63) is 12.3 Å². The summed E-state index contributed by atoms with van der Waals surface area (Å²) in [4.78, 5) is 0. The fourth-order valence-corrected chi connectivity index (χ4v) is 1.26. The van der Waals surface area contributed by atoms with E-state index in [1.807, 2.05) is 0 Å². The van der Waals surface area contributed by atoms with Gasteiger partial charge in [0.15, 0.2) is 0 Å². The molecule has 1 spiro atoms. The van der Waals surface area contributed by atoms with Crippen LogP contribution < -0.4 is 5.32 Å². The predicted molar refractivity (Wildman–Crippen MR) is 28.8 cm³/mol. The molecule has 2 rings (SSSR count). The maximum atomic E-state index is 3.82. The molecule has 1 heteroatoms. The summed E-state index contributed by atoms with van der Waals surface area (Å²) in [5, 5.41) is 3.24. The highest BCUT2D eigenvalue weighted by Gasteiger charge is 2.64. The molecule has 2 fully saturated rings. The maximum Gasteiger partial charge on any atom is 0.0792 e. The Bertz CT molecular complexity index is 139. The van der Waals surface area contributed by atoms with Crippen LogP contribution >= 0.6 is 0 Å². The molecule has 38 valence electrons. The van der Waals surface area contributed by atoms with Crippen LogP contribution in [0.4, 0.5) is 0 Å². The molecule has 0 aromatic rings. The molecule has 1 unspecified atom stereocenters. The van der Waals surface area contributed by atoms with Crippen LogP contribution in [0.5, 0.6) is 0 Å². The molecule has 1 aliphatic carbocycles. The summed E-state index contributed by atoms with van der Waals surface area (Å²) in [5.74, 6) is 0.875. The number of rotatable bonds is 0. The van der Waals surface area contributed by atoms with Crippen LogP contribution in [0.25, 0.3) is 0 Å². The van der Waals surface area contributed by atoms with Crippen molar-refractivity contribution in [3.8, 4) is 0 Å². The topological polar surface area (TPSA) is 21.9 Å². The monoisotopic (exact) mass is 95.1 g/mol. The Labute approximate surface area is 43.4 Å². The molecule has 1 nitrogen and oxygen atoms in total. The molecular formula is C6H9N. The van der Waals surface area contributed by atoms with Gasteiger partial charge in [0, 0.05) is 5.70 Å². The molecule has 7 heavy (non-hydrogen) atoms. The third-order valence-electron chi connectivity index (χ3n) is 2.16. The van der Waals surface area contributed by atoms with Crippen molar-refractivity contribution in [1.29, 1.82) is 0 Å². The van der Waals surface area contributed by atoms with Gasteiger partial charge < -0.3 is 5.32 Å². The van der Waals surface area contributed by atoms with Crippen molar-refractivity contribution in [2.75, 3.05) is 0 Å². The van der Waals surface area contributed by atoms with E-state index in [-0.39, 0.29) is 0 Å². The Morgan fingerprint density at radius 1 is 2.00 bits per heavy atom. The van der Waals surface area contributed by atoms with Crippen LogP contribution in [0.1, 0.15) is 13.3 Å². The second-order valence-corrected chi connectivity index (χ2v) is 2.68. The van der Waals surface area contributed by atoms with Crippen LogP contribution in [-0.2, 0) is 0 Å². The highest BCUT2D eigenvalue weighted by atomic mass is 15.2. The smallest absolute Gasteiger partial charge is 0.0792 e. The van der Waals surface area contributed by atoms with E-state index in [1.165, 1.54) is 12.1 Å². The van der Waals surface area contributed by atoms with Gasteiger partial charge >= 0.3 is 0 Å². The van der Waals surface area contributed by atoms with Crippen molar-refractivity contribution in [2.24, 2.45) is 5.92 Å². The first-order valence-electron chi connectivity index (χ1n) is 2.73. The van der Waals surface area contributed by atoms with E-state index < -0.39 is 0 Å². The Morgan fingerprint density at radius 2 is 2.43 bits per heavy atom. The predicted octanol–water partition coefficient (Wildman–Crippen LogP) is 0.882. The summed E-state index contributed by atoms with van der Waals surface area (Å²) in [5.41, 5.74) is 1.74. The highest BCUT2D eigenvalue weighted by molar-refractivity contribution is 5.43. The van der Waals surface area contributed by atoms with Crippen molar-refractivity contribution >= 4 is 0 Å². The van der Waals surface area contributed by atoms with Gasteiger partial charge in [-0.25, -0.2) is 0 Å². The molecule has 0 radical (unpaired) electrons. The molecule has 0 aromatic heterocycles. The summed E-state index contributed by atoms with van der Waals surface area (Å²) in [7, 11) is 0. The molecule has 0 aromatic carbocycles. The van der Waals surface area contributed by atoms with E-state index in [0.29, 0.717) is 5.54 Å². The zero-order valence-corrected chi connectivity index (χ0v) is 4.49. The lowest BCUT2D eigenvalue weighted by Crippen LogP contribution is -1.87. The molecule has 1 saturated carbocycles. The van der Waals surface area contributed by atoms with E-state index >= 15 is 0 Å². The maximum absolute atomic E-state index is 3.82. The Balaban J connectivity index is 2.24. The van der Waals surface area contributed by atoms with Gasteiger partial charge in [-0.3, -0.25) is 0 Å². The van der Waals surface area contributed by atoms with E-state index in [2.05, 4.69) is 18.8 Å². The minimum absolute atomic E-state index is 0.472. The van der Waals surface area contributed by atoms with Crippen molar-refractivity contribution in [2.45, 2.75) is 18.9 Å². The van der Waals surface area contributed by atoms with Crippen molar-refractivity contribution in [3.63, 3.8) is 0 Å². The van der Waals surface area contributed by atoms with E-state index in [0.717, 1.165) is 5.92 Å². The summed E-state index contributed by atoms with van der Waals surface area (Å²) in [6.45, 7) is 6.08. The molecule has 2 atom stereocenters. The van der Waals surface area contributed by atoms with Crippen molar-refractivity contribution < 1.29 is 0 Å². The average molecular weight is 95.1 g/mol. The first kappa shape index (κ1) is 3.53. The summed E-state index contributed by atoms with van der Waals surface area (Å²) < 4.78 is 0. The fourth-order valence-electron chi connectivity index (χ4n) is 1.26. The summed E-state index contributed by atoms with van der Waals surface area (Å²) in [6.07, 6.45) is 1.33. The Morgan fingerprint density at radius 3 is 2.43 bits per heavy atom. The molecular weight excluding hydrogens is 86.1 g/mol. The lowest BCUT2D eigenvalue weighted by atomic mass is 10.3. The lowest BCUT2D eigenvalue weighted by molar-refractivity contribution is 0.872. The SMILES string of the molecule is C=C1NC12C[C@@H]2C. The van der Waals surface area contributed by atoms with Gasteiger partial charge in [-0.1, -0.05) is 13.5 Å². The van der Waals surface area contributed by atoms with E-state index in [1.54, 1.807) is 0 Å². The minimum atomic E-state index is 0.472. The largest absolute Gasteiger partial charge is 0.376 e. The van der Waals surface area contributed by atoms with Crippen LogP contribution in [0.2, 0.25) is 0 Å². The van der Waals surface area contributed by atoms with Gasteiger partial charge in [0.05, 0.1) is 5.54 Å². The van der Waals surface area contributed by atoms with Gasteiger partial charge in [0.1, 0.15) is 0 Å². The lowest BCUT2D eigenvalue weighted by Gasteiger charge is -1.70. The molecule has 0 bridgehead atoms. The summed E-state index contributed by atoms with van der Waals surface area (Å²) >= 11 is 0. The van der Waals surface area contributed by atoms with Gasteiger partial charge in [-0.05, 0) is 12.3 Å². The standard InChI is InChI=1S/C6H9N/c1-4-3-6(4)5(2)7-6/h4,7H,2-3H2,1H3/t4-,6?/m0/s1. The molecule has 1 N–H and O–H groups in total. The van der Waals surface area contributed by atoms with Gasteiger partial charge in [0.25, 0.3) is 0 Å². The van der Waals surface area contributed by atoms with Gasteiger partial charge in [0.2, 0.25) is 0 Å². The second-order valence-electron chi connectivity index (χ2n) is 2.68. The zero-order chi connectivity index (χ0) is 5.07. The third kappa shape index (κ3) is 0.226. The summed E-state index contributed by atoms with van der Waals surface area (Å²) in [6, 6.07) is 0. The Kier molecular flexibility index (Phi) is 0.314. The van der Waals surface area contributed by atoms with Crippen LogP contribution in [0, 0.1) is 5.92 Å². The quantitative estimate of drug-likeness (QED) is 0.443. The first-order chi connectivity index (χ1) is 3.26. The fraction of sp³-hybridized carbons (Fsp3) is 0.667. The van der Waals surface area contributed by atoms with E-state index in [4.69, 9.17) is 0 Å². The Hall–Kier alpha value is -0.460. The van der Waals surface area contributed by atoms with Gasteiger partial charge in [-0.2, -0.15) is 0 Å². The van der Waals surface area contributed by atoms with Crippen LogP contribution in [0.3, 0.4) is 0 Å². The first-order valence-corrected chi connectivity index (χ1v) is 2.73. The van der Waals surface area contributed by atoms with Crippen molar-refractivity contribution in [1.82, 2.24) is 5.32 Å². The molecule has 2 aliphatic rings. The molecule has 1 heterocycles. The third-order valence-corrected chi connectivity index (χ3v) is 2.16.